The van der Waals surface area contributed by atoms with Crippen molar-refractivity contribution in [2.24, 2.45) is 0 Å². The Morgan fingerprint density at radius 3 is 2.31 bits per heavy atom. The molecule has 1 N–H and O–H groups in total. The third kappa shape index (κ3) is 6.29. The van der Waals surface area contributed by atoms with Gasteiger partial charge in [-0.05, 0) is 25.7 Å². The van der Waals surface area contributed by atoms with Crippen molar-refractivity contribution in [3.8, 4) is 0 Å². The average Bonchev–Trinajstić information content (AvgIpc) is 2.32. The quantitative estimate of drug-likeness (QED) is 0.248. The Kier molecular flexibility index (Phi) is 9.65. The van der Waals surface area contributed by atoms with E-state index < -0.39 is 5.60 Å². The van der Waals surface area contributed by atoms with Gasteiger partial charge in [-0.15, -0.1) is 0 Å². The Labute approximate surface area is 101 Å². The van der Waals surface area contributed by atoms with Crippen molar-refractivity contribution >= 4 is 0 Å². The minimum atomic E-state index is -0.445. The largest absolute Gasteiger partial charge is 0.251 e. The molecule has 0 aromatic rings. The van der Waals surface area contributed by atoms with E-state index in [0.717, 1.165) is 25.7 Å². The van der Waals surface area contributed by atoms with Gasteiger partial charge in [-0.1, -0.05) is 58.6 Å². The molecular weight excluding hydrogens is 200 g/mol. The van der Waals surface area contributed by atoms with Crippen LogP contribution >= 0.6 is 0 Å². The minimum absolute atomic E-state index is 0.445. The average molecular weight is 228 g/mol. The molecule has 0 spiro atoms. The molecule has 0 aromatic carbocycles. The molecule has 16 heavy (non-hydrogen) atoms. The molecule has 0 aliphatic carbocycles. The maximum Gasteiger partial charge on any atom is 0.121 e. The van der Waals surface area contributed by atoms with Crippen LogP contribution in [0.1, 0.15) is 72.1 Å². The molecule has 2 heteroatoms. The van der Waals surface area contributed by atoms with Gasteiger partial charge in [-0.2, -0.15) is 0 Å². The summed E-state index contributed by atoms with van der Waals surface area (Å²) in [4.78, 5) is 4.67. The van der Waals surface area contributed by atoms with Crippen LogP contribution < -0.4 is 0 Å². The maximum absolute atomic E-state index is 9.00. The van der Waals surface area contributed by atoms with Gasteiger partial charge < -0.3 is 0 Å². The first-order valence-corrected chi connectivity index (χ1v) is 6.75. The van der Waals surface area contributed by atoms with Gasteiger partial charge in [0.05, 0.1) is 0 Å². The van der Waals surface area contributed by atoms with Crippen molar-refractivity contribution in [1.29, 1.82) is 0 Å². The van der Waals surface area contributed by atoms with Crippen LogP contribution in [0, 0.1) is 0 Å². The van der Waals surface area contributed by atoms with Crippen molar-refractivity contribution in [3.63, 3.8) is 0 Å². The zero-order chi connectivity index (χ0) is 12.3. The lowest BCUT2D eigenvalue weighted by Crippen LogP contribution is -2.27. The van der Waals surface area contributed by atoms with Crippen LogP contribution in [0.15, 0.2) is 12.2 Å². The van der Waals surface area contributed by atoms with Gasteiger partial charge in [0.2, 0.25) is 0 Å². The fraction of sp³-hybridized carbons (Fsp3) is 0.857. The van der Waals surface area contributed by atoms with E-state index in [0.29, 0.717) is 0 Å². The monoisotopic (exact) mass is 228 g/mol. The fourth-order valence-corrected chi connectivity index (χ4v) is 1.93. The Morgan fingerprint density at radius 1 is 1.06 bits per heavy atom. The van der Waals surface area contributed by atoms with E-state index in [-0.39, 0.29) is 0 Å². The van der Waals surface area contributed by atoms with Gasteiger partial charge in [0, 0.05) is 0 Å². The molecule has 1 unspecified atom stereocenters. The van der Waals surface area contributed by atoms with Crippen LogP contribution in [-0.2, 0) is 4.89 Å². The SMILES string of the molecule is CCCCCC/C=C/C(CC)(CCC)OO. The molecule has 0 saturated heterocycles. The first-order chi connectivity index (χ1) is 7.74. The molecule has 1 atom stereocenters. The Morgan fingerprint density at radius 2 is 1.81 bits per heavy atom. The van der Waals surface area contributed by atoms with Crippen molar-refractivity contribution in [3.05, 3.63) is 12.2 Å². The summed E-state index contributed by atoms with van der Waals surface area (Å²) in [6.45, 7) is 6.38. The molecular formula is C14H28O2. The van der Waals surface area contributed by atoms with E-state index in [1.807, 2.05) is 13.0 Å². The van der Waals surface area contributed by atoms with E-state index in [9.17, 15) is 0 Å². The van der Waals surface area contributed by atoms with Crippen molar-refractivity contribution < 1.29 is 10.1 Å². The van der Waals surface area contributed by atoms with E-state index in [1.54, 1.807) is 0 Å². The Balaban J connectivity index is 3.93. The molecule has 0 aromatic heterocycles. The predicted molar refractivity (Wildman–Crippen MR) is 69.5 cm³/mol. The summed E-state index contributed by atoms with van der Waals surface area (Å²) in [7, 11) is 0. The predicted octanol–water partition coefficient (Wildman–Crippen LogP) is 4.95. The normalized spacial score (nSPS) is 15.5. The lowest BCUT2D eigenvalue weighted by Gasteiger charge is -2.24. The highest BCUT2D eigenvalue weighted by atomic mass is 17.1. The molecule has 0 bridgehead atoms. The third-order valence-electron chi connectivity index (χ3n) is 3.10. The van der Waals surface area contributed by atoms with Crippen LogP contribution in [0.4, 0.5) is 0 Å². The fourth-order valence-electron chi connectivity index (χ4n) is 1.93. The summed E-state index contributed by atoms with van der Waals surface area (Å²) in [6.07, 6.45) is 13.1. The van der Waals surface area contributed by atoms with Crippen LogP contribution in [0.5, 0.6) is 0 Å². The van der Waals surface area contributed by atoms with Crippen molar-refractivity contribution in [2.45, 2.75) is 77.7 Å². The summed E-state index contributed by atoms with van der Waals surface area (Å²) < 4.78 is 0. The highest BCUT2D eigenvalue weighted by Gasteiger charge is 2.24. The second-order valence-corrected chi connectivity index (χ2v) is 4.51. The molecule has 0 aliphatic rings. The molecule has 0 rings (SSSR count). The first kappa shape index (κ1) is 15.7. The molecule has 2 nitrogen and oxygen atoms in total. The van der Waals surface area contributed by atoms with Gasteiger partial charge in [0.1, 0.15) is 5.60 Å². The molecule has 0 amide bonds. The van der Waals surface area contributed by atoms with Gasteiger partial charge in [0.15, 0.2) is 0 Å². The zero-order valence-corrected chi connectivity index (χ0v) is 11.2. The molecule has 0 radical (unpaired) electrons. The van der Waals surface area contributed by atoms with E-state index in [1.165, 1.54) is 25.7 Å². The highest BCUT2D eigenvalue weighted by molar-refractivity contribution is 5.00. The summed E-state index contributed by atoms with van der Waals surface area (Å²) in [5.41, 5.74) is -0.445. The second kappa shape index (κ2) is 9.86. The lowest BCUT2D eigenvalue weighted by atomic mass is 9.94. The smallest absolute Gasteiger partial charge is 0.121 e. The van der Waals surface area contributed by atoms with Crippen LogP contribution in [0.25, 0.3) is 0 Å². The van der Waals surface area contributed by atoms with Crippen LogP contribution in [-0.4, -0.2) is 10.9 Å². The molecule has 0 saturated carbocycles. The number of hydrogen-bond acceptors (Lipinski definition) is 2. The molecule has 0 aliphatic heterocycles. The topological polar surface area (TPSA) is 29.5 Å². The second-order valence-electron chi connectivity index (χ2n) is 4.51. The standard InChI is InChI=1S/C14H28O2/c1-4-7-8-9-10-11-13-14(6-3,16-15)12-5-2/h11,13,15H,4-10,12H2,1-3H3/b13-11+. The van der Waals surface area contributed by atoms with Crippen LogP contribution in [0.2, 0.25) is 0 Å². The lowest BCUT2D eigenvalue weighted by molar-refractivity contribution is -0.310. The molecule has 0 heterocycles. The number of unbranched alkanes of at least 4 members (excludes halogenated alkanes) is 4. The van der Waals surface area contributed by atoms with E-state index in [2.05, 4.69) is 24.8 Å². The number of hydrogen-bond donors (Lipinski definition) is 1. The van der Waals surface area contributed by atoms with Gasteiger partial charge in [-0.25, -0.2) is 4.89 Å². The Bertz CT molecular complexity index is 172. The number of allylic oxidation sites excluding steroid dienone is 1. The van der Waals surface area contributed by atoms with Gasteiger partial charge >= 0.3 is 0 Å². The van der Waals surface area contributed by atoms with Crippen LogP contribution in [0.3, 0.4) is 0 Å². The maximum atomic E-state index is 9.00. The van der Waals surface area contributed by atoms with Crippen molar-refractivity contribution in [1.82, 2.24) is 0 Å². The molecule has 96 valence electrons. The highest BCUT2D eigenvalue weighted by Crippen LogP contribution is 2.23. The summed E-state index contributed by atoms with van der Waals surface area (Å²) in [6, 6.07) is 0. The van der Waals surface area contributed by atoms with Crippen molar-refractivity contribution in [2.75, 3.05) is 0 Å². The third-order valence-corrected chi connectivity index (χ3v) is 3.10. The molecule has 0 fully saturated rings. The first-order valence-electron chi connectivity index (χ1n) is 6.75. The summed E-state index contributed by atoms with van der Waals surface area (Å²) in [5, 5.41) is 9.00. The van der Waals surface area contributed by atoms with Gasteiger partial charge in [0.25, 0.3) is 0 Å². The zero-order valence-electron chi connectivity index (χ0n) is 11.2. The minimum Gasteiger partial charge on any atom is -0.251 e. The number of rotatable bonds is 10. The van der Waals surface area contributed by atoms with E-state index in [4.69, 9.17) is 5.26 Å². The summed E-state index contributed by atoms with van der Waals surface area (Å²) in [5.74, 6) is 0. The summed E-state index contributed by atoms with van der Waals surface area (Å²) >= 11 is 0. The van der Waals surface area contributed by atoms with E-state index >= 15 is 0 Å². The Hall–Kier alpha value is -0.340. The van der Waals surface area contributed by atoms with Gasteiger partial charge in [-0.3, -0.25) is 5.26 Å².